The highest BCUT2D eigenvalue weighted by molar-refractivity contribution is 5.95. The first kappa shape index (κ1) is 26.0. The number of hydrogen-bond donors (Lipinski definition) is 0. The van der Waals surface area contributed by atoms with Crippen LogP contribution in [0.15, 0.2) is 78.9 Å². The molecule has 0 atom stereocenters. The third-order valence-electron chi connectivity index (χ3n) is 7.93. The van der Waals surface area contributed by atoms with Gasteiger partial charge in [-0.05, 0) is 48.4 Å². The molecule has 212 valence electrons. The number of carbonyl (C=O) groups is 1. The summed E-state index contributed by atoms with van der Waals surface area (Å²) in [6, 6.07) is 25.8. The van der Waals surface area contributed by atoms with E-state index < -0.39 is 0 Å². The van der Waals surface area contributed by atoms with E-state index in [9.17, 15) is 4.79 Å². The largest absolute Gasteiger partial charge is 0.496 e. The maximum Gasteiger partial charge on any atom is 0.272 e. The maximum atomic E-state index is 14.0. The summed E-state index contributed by atoms with van der Waals surface area (Å²) < 4.78 is 18.5. The van der Waals surface area contributed by atoms with E-state index in [1.165, 1.54) is 0 Å². The average Bonchev–Trinajstić information content (AvgIpc) is 3.64. The van der Waals surface area contributed by atoms with Crippen molar-refractivity contribution in [2.45, 2.75) is 13.5 Å². The van der Waals surface area contributed by atoms with Crippen molar-refractivity contribution in [1.29, 1.82) is 0 Å². The number of hydrogen-bond acceptors (Lipinski definition) is 7. The topological polar surface area (TPSA) is 81.4 Å². The number of rotatable bonds is 6. The van der Waals surface area contributed by atoms with E-state index in [1.807, 2.05) is 89.1 Å². The van der Waals surface area contributed by atoms with Crippen molar-refractivity contribution in [2.75, 3.05) is 40.1 Å². The molecular formula is C33H31N5O4. The summed E-state index contributed by atoms with van der Waals surface area (Å²) in [5.74, 6) is 2.19. The van der Waals surface area contributed by atoms with Crippen molar-refractivity contribution in [3.05, 3.63) is 95.8 Å². The highest BCUT2D eigenvalue weighted by Crippen LogP contribution is 2.35. The molecule has 0 spiro atoms. The van der Waals surface area contributed by atoms with Gasteiger partial charge in [-0.15, -0.1) is 0 Å². The van der Waals surface area contributed by atoms with E-state index >= 15 is 0 Å². The van der Waals surface area contributed by atoms with Gasteiger partial charge in [0.05, 0.1) is 18.5 Å². The number of aryl methyl sites for hydroxylation is 1. The highest BCUT2D eigenvalue weighted by atomic mass is 16.7. The lowest BCUT2D eigenvalue weighted by Crippen LogP contribution is -2.48. The van der Waals surface area contributed by atoms with Gasteiger partial charge in [-0.3, -0.25) is 9.69 Å². The summed E-state index contributed by atoms with van der Waals surface area (Å²) in [6.07, 6.45) is 0. The van der Waals surface area contributed by atoms with Crippen LogP contribution in [0.5, 0.6) is 17.2 Å². The maximum absolute atomic E-state index is 14.0. The van der Waals surface area contributed by atoms with Gasteiger partial charge in [0, 0.05) is 43.9 Å². The van der Waals surface area contributed by atoms with E-state index in [0.29, 0.717) is 30.2 Å². The SMILES string of the molecule is COc1ccccc1-c1cc(C(=O)N2CCN(Cc3ccc4c(c3)OCO4)CC2)nc2c(-c3ccccc3)c(C)nn12. The fourth-order valence-corrected chi connectivity index (χ4v) is 5.79. The molecule has 42 heavy (non-hydrogen) atoms. The fraction of sp³-hybridized carbons (Fsp3) is 0.242. The summed E-state index contributed by atoms with van der Waals surface area (Å²) in [5, 5.41) is 4.88. The van der Waals surface area contributed by atoms with Crippen molar-refractivity contribution < 1.29 is 19.0 Å². The smallest absolute Gasteiger partial charge is 0.272 e. The van der Waals surface area contributed by atoms with Crippen LogP contribution in [0.25, 0.3) is 28.0 Å². The molecule has 1 saturated heterocycles. The molecule has 0 saturated carbocycles. The zero-order valence-electron chi connectivity index (χ0n) is 23.6. The van der Waals surface area contributed by atoms with Gasteiger partial charge in [-0.1, -0.05) is 48.5 Å². The molecule has 1 amide bonds. The number of amides is 1. The Morgan fingerprint density at radius 1 is 0.905 bits per heavy atom. The monoisotopic (exact) mass is 561 g/mol. The second kappa shape index (κ2) is 10.8. The van der Waals surface area contributed by atoms with E-state index in [4.69, 9.17) is 24.3 Å². The molecule has 0 bridgehead atoms. The Hall–Kier alpha value is -4.89. The second-order valence-electron chi connectivity index (χ2n) is 10.5. The summed E-state index contributed by atoms with van der Waals surface area (Å²) in [7, 11) is 1.65. The predicted octanol–water partition coefficient (Wildman–Crippen LogP) is 5.07. The molecule has 3 aromatic carbocycles. The average molecular weight is 562 g/mol. The summed E-state index contributed by atoms with van der Waals surface area (Å²) >= 11 is 0. The number of piperazine rings is 1. The summed E-state index contributed by atoms with van der Waals surface area (Å²) in [5.41, 5.74) is 6.56. The standard InChI is InChI=1S/C33H31N5O4/c1-22-31(24-8-4-3-5-9-24)32-34-26(19-27(38(32)35-22)25-10-6-7-11-28(25)40-2)33(39)37-16-14-36(15-17-37)20-23-12-13-29-30(18-23)42-21-41-29/h3-13,18-19H,14-17,20-21H2,1-2H3. The van der Waals surface area contributed by atoms with Gasteiger partial charge in [0.2, 0.25) is 6.79 Å². The Morgan fingerprint density at radius 2 is 1.67 bits per heavy atom. The summed E-state index contributed by atoms with van der Waals surface area (Å²) in [6.45, 7) is 5.80. The zero-order chi connectivity index (χ0) is 28.6. The van der Waals surface area contributed by atoms with Gasteiger partial charge in [0.25, 0.3) is 5.91 Å². The molecule has 5 aromatic rings. The van der Waals surface area contributed by atoms with Crippen molar-refractivity contribution in [3.8, 4) is 39.6 Å². The van der Waals surface area contributed by atoms with E-state index in [-0.39, 0.29) is 12.7 Å². The number of benzene rings is 3. The molecule has 0 radical (unpaired) electrons. The van der Waals surface area contributed by atoms with Crippen LogP contribution in [0.3, 0.4) is 0 Å². The van der Waals surface area contributed by atoms with Gasteiger partial charge >= 0.3 is 0 Å². The van der Waals surface area contributed by atoms with Crippen LogP contribution >= 0.6 is 0 Å². The first-order valence-electron chi connectivity index (χ1n) is 14.1. The number of ether oxygens (including phenoxy) is 3. The fourth-order valence-electron chi connectivity index (χ4n) is 5.79. The summed E-state index contributed by atoms with van der Waals surface area (Å²) in [4.78, 5) is 23.2. The quantitative estimate of drug-likeness (QED) is 0.286. The second-order valence-corrected chi connectivity index (χ2v) is 10.5. The van der Waals surface area contributed by atoms with Crippen LogP contribution < -0.4 is 14.2 Å². The van der Waals surface area contributed by atoms with Crippen LogP contribution in [0.1, 0.15) is 21.7 Å². The van der Waals surface area contributed by atoms with E-state index in [2.05, 4.69) is 11.0 Å². The molecule has 2 aliphatic rings. The zero-order valence-corrected chi connectivity index (χ0v) is 23.6. The molecule has 0 aliphatic carbocycles. The molecule has 2 aromatic heterocycles. The van der Waals surface area contributed by atoms with Crippen LogP contribution in [0, 0.1) is 6.92 Å². The van der Waals surface area contributed by atoms with Crippen molar-refractivity contribution in [3.63, 3.8) is 0 Å². The normalized spacial score (nSPS) is 14.9. The highest BCUT2D eigenvalue weighted by Gasteiger charge is 2.27. The first-order chi connectivity index (χ1) is 20.6. The number of carbonyl (C=O) groups excluding carboxylic acids is 1. The van der Waals surface area contributed by atoms with Gasteiger partial charge in [-0.2, -0.15) is 5.10 Å². The molecule has 2 aliphatic heterocycles. The Kier molecular flexibility index (Phi) is 6.71. The van der Waals surface area contributed by atoms with Crippen molar-refractivity contribution >= 4 is 11.6 Å². The number of aromatic nitrogens is 3. The molecule has 7 rings (SSSR count). The third kappa shape index (κ3) is 4.71. The molecule has 1 fully saturated rings. The lowest BCUT2D eigenvalue weighted by Gasteiger charge is -2.34. The minimum atomic E-state index is -0.0887. The van der Waals surface area contributed by atoms with E-state index in [1.54, 1.807) is 7.11 Å². The van der Waals surface area contributed by atoms with Crippen molar-refractivity contribution in [2.24, 2.45) is 0 Å². The van der Waals surface area contributed by atoms with Gasteiger partial charge < -0.3 is 19.1 Å². The number of para-hydroxylation sites is 1. The van der Waals surface area contributed by atoms with E-state index in [0.717, 1.165) is 64.8 Å². The number of nitrogens with zero attached hydrogens (tertiary/aromatic N) is 5. The first-order valence-corrected chi connectivity index (χ1v) is 14.1. The Bertz CT molecular complexity index is 1780. The van der Waals surface area contributed by atoms with Crippen LogP contribution in [0.4, 0.5) is 0 Å². The number of fused-ring (bicyclic) bond motifs is 2. The predicted molar refractivity (Wildman–Crippen MR) is 159 cm³/mol. The Balaban J connectivity index is 1.20. The molecular weight excluding hydrogens is 530 g/mol. The molecule has 4 heterocycles. The Labute approximate surface area is 243 Å². The van der Waals surface area contributed by atoms with Gasteiger partial charge in [0.1, 0.15) is 11.4 Å². The van der Waals surface area contributed by atoms with Crippen LogP contribution in [-0.4, -0.2) is 70.4 Å². The van der Waals surface area contributed by atoms with Gasteiger partial charge in [0.15, 0.2) is 17.1 Å². The molecule has 0 N–H and O–H groups in total. The van der Waals surface area contributed by atoms with Crippen LogP contribution in [0.2, 0.25) is 0 Å². The van der Waals surface area contributed by atoms with Crippen LogP contribution in [-0.2, 0) is 6.54 Å². The van der Waals surface area contributed by atoms with Gasteiger partial charge in [-0.25, -0.2) is 9.50 Å². The lowest BCUT2D eigenvalue weighted by atomic mass is 10.1. The molecule has 9 nitrogen and oxygen atoms in total. The van der Waals surface area contributed by atoms with Crippen molar-refractivity contribution in [1.82, 2.24) is 24.4 Å². The molecule has 9 heteroatoms. The Morgan fingerprint density at radius 3 is 2.48 bits per heavy atom. The minimum Gasteiger partial charge on any atom is -0.496 e. The molecule has 0 unspecified atom stereocenters. The third-order valence-corrected chi connectivity index (χ3v) is 7.93. The number of methoxy groups -OCH3 is 1. The lowest BCUT2D eigenvalue weighted by molar-refractivity contribution is 0.0623. The minimum absolute atomic E-state index is 0.0887.